The summed E-state index contributed by atoms with van der Waals surface area (Å²) < 4.78 is 1.45. The van der Waals surface area contributed by atoms with Crippen molar-refractivity contribution in [1.29, 1.82) is 0 Å². The minimum Gasteiger partial charge on any atom is -0.361 e. The lowest BCUT2D eigenvalue weighted by Crippen LogP contribution is -2.34. The molecule has 0 radical (unpaired) electrons. The summed E-state index contributed by atoms with van der Waals surface area (Å²) in [6.07, 6.45) is 1.62. The lowest BCUT2D eigenvalue weighted by molar-refractivity contribution is -0.114. The van der Waals surface area contributed by atoms with Crippen molar-refractivity contribution in [3.05, 3.63) is 75.5 Å². The minimum absolute atomic E-state index is 0.122. The summed E-state index contributed by atoms with van der Waals surface area (Å²) in [4.78, 5) is 23.6. The monoisotopic (exact) mass is 334 g/mol. The van der Waals surface area contributed by atoms with Crippen LogP contribution in [0.5, 0.6) is 0 Å². The number of rotatable bonds is 4. The number of aromatic nitrogens is 2. The van der Waals surface area contributed by atoms with Gasteiger partial charge in [-0.15, -0.1) is 0 Å². The molecule has 1 aromatic heterocycles. The van der Waals surface area contributed by atoms with E-state index in [4.69, 9.17) is 0 Å². The quantitative estimate of drug-likeness (QED) is 0.674. The Morgan fingerprint density at radius 2 is 1.72 bits per heavy atom. The number of para-hydroxylation sites is 1. The fourth-order valence-electron chi connectivity index (χ4n) is 2.41. The highest BCUT2D eigenvalue weighted by molar-refractivity contribution is 5.88. The fourth-order valence-corrected chi connectivity index (χ4v) is 2.41. The van der Waals surface area contributed by atoms with Crippen LogP contribution in [0.3, 0.4) is 0 Å². The Morgan fingerprint density at radius 3 is 2.36 bits per heavy atom. The second kappa shape index (κ2) is 6.92. The Balaban J connectivity index is 1.87. The van der Waals surface area contributed by atoms with Crippen molar-refractivity contribution in [3.8, 4) is 5.69 Å². The number of aromatic amines is 1. The Kier molecular flexibility index (Phi) is 4.52. The first-order valence-electron chi connectivity index (χ1n) is 7.74. The van der Waals surface area contributed by atoms with Crippen molar-refractivity contribution >= 4 is 30.1 Å². The first-order chi connectivity index (χ1) is 12.0. The van der Waals surface area contributed by atoms with E-state index < -0.39 is 0 Å². The first kappa shape index (κ1) is 16.3. The number of anilines is 2. The van der Waals surface area contributed by atoms with Crippen LogP contribution in [0.15, 0.2) is 59.4 Å². The number of amides is 1. The Morgan fingerprint density at radius 1 is 1.08 bits per heavy atom. The smallest absolute Gasteiger partial charge is 0.280 e. The maximum absolute atomic E-state index is 12.6. The van der Waals surface area contributed by atoms with E-state index in [0.717, 1.165) is 11.4 Å². The molecule has 1 amide bonds. The van der Waals surface area contributed by atoms with Crippen molar-refractivity contribution in [2.75, 3.05) is 10.6 Å². The molecule has 6 nitrogen and oxygen atoms in total. The largest absolute Gasteiger partial charge is 0.361 e. The van der Waals surface area contributed by atoms with Crippen LogP contribution >= 0.6 is 0 Å². The number of hydrogen-bond donors (Lipinski definition) is 3. The molecular weight excluding hydrogens is 316 g/mol. The van der Waals surface area contributed by atoms with Crippen molar-refractivity contribution in [2.45, 2.75) is 6.92 Å². The molecule has 3 aromatic rings. The van der Waals surface area contributed by atoms with Gasteiger partial charge < -0.3 is 10.6 Å². The summed E-state index contributed by atoms with van der Waals surface area (Å²) in [5.74, 6) is -0.122. The SMILES string of the molecule is C=c1[nH]n(-c2ccccc2)c(=O)/c1=C\Nc1ccc(NC(C)=O)cc1. The van der Waals surface area contributed by atoms with Crippen LogP contribution in [-0.2, 0) is 4.79 Å². The average molecular weight is 334 g/mol. The number of carbonyl (C=O) groups is 1. The van der Waals surface area contributed by atoms with Crippen molar-refractivity contribution < 1.29 is 4.79 Å². The molecule has 0 aliphatic rings. The van der Waals surface area contributed by atoms with E-state index in [9.17, 15) is 9.59 Å². The second-order valence-electron chi connectivity index (χ2n) is 5.53. The molecule has 2 aromatic carbocycles. The van der Waals surface area contributed by atoms with Gasteiger partial charge >= 0.3 is 0 Å². The van der Waals surface area contributed by atoms with Crippen LogP contribution in [0.4, 0.5) is 11.4 Å². The van der Waals surface area contributed by atoms with Gasteiger partial charge in [-0.1, -0.05) is 24.8 Å². The van der Waals surface area contributed by atoms with Crippen molar-refractivity contribution in [3.63, 3.8) is 0 Å². The van der Waals surface area contributed by atoms with Crippen molar-refractivity contribution in [1.82, 2.24) is 9.78 Å². The fraction of sp³-hybridized carbons (Fsp3) is 0.0526. The van der Waals surface area contributed by atoms with E-state index in [1.54, 1.807) is 18.3 Å². The number of carbonyl (C=O) groups excluding carboxylic acids is 1. The molecule has 0 atom stereocenters. The van der Waals surface area contributed by atoms with Gasteiger partial charge in [0, 0.05) is 24.5 Å². The molecule has 0 saturated carbocycles. The number of nitrogens with one attached hydrogen (secondary N) is 3. The van der Waals surface area contributed by atoms with E-state index in [2.05, 4.69) is 22.3 Å². The molecule has 0 unspecified atom stereocenters. The van der Waals surface area contributed by atoms with Crippen LogP contribution in [0.2, 0.25) is 0 Å². The van der Waals surface area contributed by atoms with Gasteiger partial charge in [-0.05, 0) is 36.4 Å². The molecule has 6 heteroatoms. The first-order valence-corrected chi connectivity index (χ1v) is 7.74. The average Bonchev–Trinajstić information content (AvgIpc) is 2.89. The van der Waals surface area contributed by atoms with E-state index >= 15 is 0 Å². The third kappa shape index (κ3) is 3.69. The highest BCUT2D eigenvalue weighted by Gasteiger charge is 2.03. The van der Waals surface area contributed by atoms with Gasteiger partial charge in [-0.3, -0.25) is 14.7 Å². The molecule has 0 spiro atoms. The van der Waals surface area contributed by atoms with Crippen LogP contribution in [0, 0.1) is 0 Å². The lowest BCUT2D eigenvalue weighted by Gasteiger charge is -2.04. The summed E-state index contributed by atoms with van der Waals surface area (Å²) in [5, 5.41) is 9.73. The summed E-state index contributed by atoms with van der Waals surface area (Å²) >= 11 is 0. The number of nitrogens with zero attached hydrogens (tertiary/aromatic N) is 1. The van der Waals surface area contributed by atoms with E-state index in [1.165, 1.54) is 11.6 Å². The van der Waals surface area contributed by atoms with Gasteiger partial charge in [0.15, 0.2) is 0 Å². The van der Waals surface area contributed by atoms with Gasteiger partial charge in [0.05, 0.1) is 16.3 Å². The summed E-state index contributed by atoms with van der Waals surface area (Å²) in [6, 6.07) is 16.5. The summed E-state index contributed by atoms with van der Waals surface area (Å²) in [6.45, 7) is 5.35. The molecule has 0 aliphatic carbocycles. The molecule has 0 fully saturated rings. The van der Waals surface area contributed by atoms with Gasteiger partial charge in [0.1, 0.15) is 0 Å². The van der Waals surface area contributed by atoms with Gasteiger partial charge in [0.2, 0.25) is 5.91 Å². The summed E-state index contributed by atoms with van der Waals surface area (Å²) in [5.41, 5.74) is 2.07. The zero-order valence-corrected chi connectivity index (χ0v) is 13.7. The van der Waals surface area contributed by atoms with Crippen LogP contribution in [0.1, 0.15) is 6.92 Å². The standard InChI is InChI=1S/C19H18N4O2/c1-13-18(19(25)23(22-13)17-6-4-3-5-7-17)12-20-15-8-10-16(11-9-15)21-14(2)24/h3-12,20,22H,1H2,2H3,(H,21,24)/b18-12-. The van der Waals surface area contributed by atoms with Crippen molar-refractivity contribution in [2.24, 2.45) is 0 Å². The van der Waals surface area contributed by atoms with Crippen LogP contribution in [-0.4, -0.2) is 15.7 Å². The van der Waals surface area contributed by atoms with Gasteiger partial charge in [-0.2, -0.15) is 0 Å². The van der Waals surface area contributed by atoms with E-state index in [1.807, 2.05) is 42.5 Å². The van der Waals surface area contributed by atoms with Gasteiger partial charge in [-0.25, -0.2) is 4.68 Å². The zero-order chi connectivity index (χ0) is 17.8. The number of H-pyrrole nitrogens is 1. The minimum atomic E-state index is -0.182. The predicted octanol–water partition coefficient (Wildman–Crippen LogP) is 1.38. The topological polar surface area (TPSA) is 78.9 Å². The maximum atomic E-state index is 12.6. The van der Waals surface area contributed by atoms with Crippen LogP contribution < -0.4 is 26.8 Å². The maximum Gasteiger partial charge on any atom is 0.280 e. The number of hydrogen-bond acceptors (Lipinski definition) is 3. The molecule has 1 heterocycles. The predicted molar refractivity (Wildman–Crippen MR) is 100.0 cm³/mol. The summed E-state index contributed by atoms with van der Waals surface area (Å²) in [7, 11) is 0. The third-order valence-corrected chi connectivity index (χ3v) is 3.61. The van der Waals surface area contributed by atoms with Crippen LogP contribution in [0.25, 0.3) is 18.5 Å². The molecule has 25 heavy (non-hydrogen) atoms. The third-order valence-electron chi connectivity index (χ3n) is 3.61. The number of benzene rings is 2. The molecular formula is C19H18N4O2. The lowest BCUT2D eigenvalue weighted by atomic mass is 10.3. The van der Waals surface area contributed by atoms with E-state index in [-0.39, 0.29) is 11.5 Å². The Hall–Kier alpha value is -3.54. The Bertz CT molecular complexity index is 1050. The highest BCUT2D eigenvalue weighted by Crippen LogP contribution is 2.13. The van der Waals surface area contributed by atoms with E-state index in [0.29, 0.717) is 16.3 Å². The molecule has 3 N–H and O–H groups in total. The second-order valence-corrected chi connectivity index (χ2v) is 5.53. The normalized spacial score (nSPS) is 11.3. The van der Waals surface area contributed by atoms with Gasteiger partial charge in [0.25, 0.3) is 5.56 Å². The molecule has 0 bridgehead atoms. The molecule has 0 saturated heterocycles. The molecule has 126 valence electrons. The highest BCUT2D eigenvalue weighted by atomic mass is 16.1. The Labute approximate surface area is 144 Å². The molecule has 3 rings (SSSR count). The molecule has 0 aliphatic heterocycles. The zero-order valence-electron chi connectivity index (χ0n) is 13.7.